The van der Waals surface area contributed by atoms with Gasteiger partial charge < -0.3 is 26.6 Å². The van der Waals surface area contributed by atoms with Crippen molar-refractivity contribution >= 4 is 41.3 Å². The summed E-state index contributed by atoms with van der Waals surface area (Å²) in [5, 5.41) is 8.23. The second-order valence-electron chi connectivity index (χ2n) is 7.75. The number of rotatable bonds is 8. The average Bonchev–Trinajstić information content (AvgIpc) is 3.20. The van der Waals surface area contributed by atoms with Crippen LogP contribution >= 0.6 is 11.6 Å². The fourth-order valence-electron chi connectivity index (χ4n) is 3.45. The highest BCUT2D eigenvalue weighted by molar-refractivity contribution is 6.34. The van der Waals surface area contributed by atoms with E-state index in [0.29, 0.717) is 24.3 Å². The second kappa shape index (κ2) is 9.97. The summed E-state index contributed by atoms with van der Waals surface area (Å²) in [6.45, 7) is 0.995. The predicted molar refractivity (Wildman–Crippen MR) is 124 cm³/mol. The number of hydrogen-bond donors (Lipinski definition) is 4. The van der Waals surface area contributed by atoms with Crippen LogP contribution in [-0.2, 0) is 15.1 Å². The molecule has 0 bridgehead atoms. The number of nitrogens with zero attached hydrogens (tertiary/aromatic N) is 2. The van der Waals surface area contributed by atoms with E-state index in [1.54, 1.807) is 24.3 Å². The van der Waals surface area contributed by atoms with Gasteiger partial charge in [-0.25, -0.2) is 4.39 Å². The maximum absolute atomic E-state index is 13.2. The highest BCUT2D eigenvalue weighted by atomic mass is 35.5. The Morgan fingerprint density at radius 1 is 1.21 bits per heavy atom. The van der Waals surface area contributed by atoms with Gasteiger partial charge in [-0.15, -0.1) is 0 Å². The van der Waals surface area contributed by atoms with E-state index in [-0.39, 0.29) is 10.6 Å². The molecule has 0 radical (unpaired) electrons. The summed E-state index contributed by atoms with van der Waals surface area (Å²) in [6.07, 6.45) is 1.28. The van der Waals surface area contributed by atoms with E-state index >= 15 is 0 Å². The number of aliphatic imine (C=N–C) groups is 1. The fraction of sp³-hybridized carbons (Fsp3) is 0.273. The van der Waals surface area contributed by atoms with Gasteiger partial charge in [0.2, 0.25) is 5.91 Å². The second-order valence-corrected chi connectivity index (χ2v) is 8.15. The molecule has 3 rings (SSSR count). The summed E-state index contributed by atoms with van der Waals surface area (Å²) in [5.74, 6) is -2.30. The molecule has 5 N–H and O–H groups in total. The summed E-state index contributed by atoms with van der Waals surface area (Å²) in [6, 6.07) is 8.59. The van der Waals surface area contributed by atoms with Gasteiger partial charge in [0.15, 0.2) is 11.6 Å². The lowest BCUT2D eigenvalue weighted by Crippen LogP contribution is -2.60. The molecular formula is C22H24ClFN6O3. The molecule has 174 valence electrons. The number of anilines is 1. The highest BCUT2D eigenvalue weighted by Crippen LogP contribution is 2.31. The van der Waals surface area contributed by atoms with Gasteiger partial charge in [0.25, 0.3) is 11.8 Å². The van der Waals surface area contributed by atoms with Crippen LogP contribution in [0.25, 0.3) is 0 Å². The van der Waals surface area contributed by atoms with E-state index in [0.717, 1.165) is 12.1 Å². The van der Waals surface area contributed by atoms with Crippen molar-refractivity contribution in [2.45, 2.75) is 11.6 Å². The SMILES string of the molecule is CN(C)CCNC(=O)C1N=CNC1(C(N)=O)c1ccc(NC(=O)c2ccc(F)cc2Cl)cc1. The number of nitrogens with one attached hydrogen (secondary N) is 3. The number of hydrogen-bond acceptors (Lipinski definition) is 6. The van der Waals surface area contributed by atoms with Gasteiger partial charge in [-0.05, 0) is 50.0 Å². The molecule has 2 unspecified atom stereocenters. The summed E-state index contributed by atoms with van der Waals surface area (Å²) in [5.41, 5.74) is 5.04. The molecule has 2 aromatic carbocycles. The van der Waals surface area contributed by atoms with E-state index in [1.165, 1.54) is 12.4 Å². The van der Waals surface area contributed by atoms with Crippen LogP contribution in [0.15, 0.2) is 47.5 Å². The maximum Gasteiger partial charge on any atom is 0.257 e. The van der Waals surface area contributed by atoms with Crippen LogP contribution in [0.2, 0.25) is 5.02 Å². The van der Waals surface area contributed by atoms with Gasteiger partial charge >= 0.3 is 0 Å². The molecule has 9 nitrogen and oxygen atoms in total. The quantitative estimate of drug-likeness (QED) is 0.455. The minimum atomic E-state index is -1.58. The van der Waals surface area contributed by atoms with Crippen LogP contribution in [-0.4, -0.2) is 62.2 Å². The van der Waals surface area contributed by atoms with Crippen molar-refractivity contribution in [1.29, 1.82) is 0 Å². The Morgan fingerprint density at radius 2 is 1.91 bits per heavy atom. The Balaban J connectivity index is 1.79. The number of halogens is 2. The van der Waals surface area contributed by atoms with Crippen LogP contribution in [0.5, 0.6) is 0 Å². The van der Waals surface area contributed by atoms with Gasteiger partial charge in [0, 0.05) is 18.8 Å². The van der Waals surface area contributed by atoms with Gasteiger partial charge in [-0.1, -0.05) is 23.7 Å². The Hall–Kier alpha value is -3.50. The number of primary amides is 1. The smallest absolute Gasteiger partial charge is 0.257 e. The number of nitrogens with two attached hydrogens (primary N) is 1. The van der Waals surface area contributed by atoms with Crippen molar-refractivity contribution in [3.05, 3.63) is 64.4 Å². The average molecular weight is 475 g/mol. The molecule has 1 heterocycles. The molecule has 3 amide bonds. The first kappa shape index (κ1) is 24.1. The number of carbonyl (C=O) groups is 3. The molecule has 33 heavy (non-hydrogen) atoms. The van der Waals surface area contributed by atoms with Gasteiger partial charge in [-0.3, -0.25) is 19.4 Å². The lowest BCUT2D eigenvalue weighted by atomic mass is 9.82. The monoisotopic (exact) mass is 474 g/mol. The van der Waals surface area contributed by atoms with Crippen LogP contribution in [0, 0.1) is 5.82 Å². The molecule has 0 aliphatic carbocycles. The zero-order chi connectivity index (χ0) is 24.2. The van der Waals surface area contributed by atoms with Crippen molar-refractivity contribution in [3.8, 4) is 0 Å². The third kappa shape index (κ3) is 5.12. The topological polar surface area (TPSA) is 129 Å². The summed E-state index contributed by atoms with van der Waals surface area (Å²) < 4.78 is 13.2. The third-order valence-electron chi connectivity index (χ3n) is 5.20. The standard InChI is InChI=1S/C22H24ClFN6O3/c1-30(2)10-9-26-20(32)18-22(21(25)33,28-12-27-18)13-3-6-15(7-4-13)29-19(31)16-8-5-14(24)11-17(16)23/h3-8,11-12,18H,9-10H2,1-2H3,(H2,25,33)(H,26,32)(H,27,28)(H,29,31). The number of amides is 3. The van der Waals surface area contributed by atoms with Crippen molar-refractivity contribution in [3.63, 3.8) is 0 Å². The predicted octanol–water partition coefficient (Wildman–Crippen LogP) is 1.09. The first-order chi connectivity index (χ1) is 15.6. The first-order valence-electron chi connectivity index (χ1n) is 10.0. The zero-order valence-corrected chi connectivity index (χ0v) is 18.8. The molecule has 0 fully saturated rings. The third-order valence-corrected chi connectivity index (χ3v) is 5.51. The minimum Gasteiger partial charge on any atom is -0.367 e. The molecule has 11 heteroatoms. The van der Waals surface area contributed by atoms with E-state index in [9.17, 15) is 18.8 Å². The van der Waals surface area contributed by atoms with Crippen LogP contribution in [0.4, 0.5) is 10.1 Å². The fourth-order valence-corrected chi connectivity index (χ4v) is 3.70. The molecular weight excluding hydrogens is 451 g/mol. The largest absolute Gasteiger partial charge is 0.367 e. The van der Waals surface area contributed by atoms with Gasteiger partial charge in [-0.2, -0.15) is 0 Å². The van der Waals surface area contributed by atoms with Crippen LogP contribution in [0.3, 0.4) is 0 Å². The number of likely N-dealkylation sites (N-methyl/N-ethyl adjacent to an activating group) is 1. The Kier molecular flexibility index (Phi) is 7.29. The minimum absolute atomic E-state index is 0.0211. The maximum atomic E-state index is 13.2. The number of benzene rings is 2. The molecule has 2 atom stereocenters. The summed E-state index contributed by atoms with van der Waals surface area (Å²) in [7, 11) is 3.75. The summed E-state index contributed by atoms with van der Waals surface area (Å²) in [4.78, 5) is 43.8. The van der Waals surface area contributed by atoms with Crippen LogP contribution < -0.4 is 21.7 Å². The molecule has 0 saturated heterocycles. The van der Waals surface area contributed by atoms with E-state index < -0.39 is 35.1 Å². The van der Waals surface area contributed by atoms with Crippen LogP contribution in [0.1, 0.15) is 15.9 Å². The van der Waals surface area contributed by atoms with E-state index in [1.807, 2.05) is 19.0 Å². The van der Waals surface area contributed by atoms with E-state index in [2.05, 4.69) is 20.9 Å². The summed E-state index contributed by atoms with van der Waals surface area (Å²) >= 11 is 5.94. The van der Waals surface area contributed by atoms with Crippen molar-refractivity contribution in [2.75, 3.05) is 32.5 Å². The molecule has 2 aromatic rings. The molecule has 1 aliphatic heterocycles. The highest BCUT2D eigenvalue weighted by Gasteiger charge is 2.52. The first-order valence-corrected chi connectivity index (χ1v) is 10.4. The molecule has 0 aromatic heterocycles. The van der Waals surface area contributed by atoms with Crippen molar-refractivity contribution in [1.82, 2.24) is 15.5 Å². The zero-order valence-electron chi connectivity index (χ0n) is 18.1. The Labute approximate surface area is 195 Å². The lowest BCUT2D eigenvalue weighted by Gasteiger charge is -2.31. The lowest BCUT2D eigenvalue weighted by molar-refractivity contribution is -0.131. The van der Waals surface area contributed by atoms with E-state index in [4.69, 9.17) is 17.3 Å². The molecule has 1 aliphatic rings. The molecule has 0 spiro atoms. The Morgan fingerprint density at radius 3 is 2.52 bits per heavy atom. The van der Waals surface area contributed by atoms with Crippen molar-refractivity contribution in [2.24, 2.45) is 10.7 Å². The molecule has 0 saturated carbocycles. The van der Waals surface area contributed by atoms with Crippen molar-refractivity contribution < 1.29 is 18.8 Å². The number of carbonyl (C=O) groups excluding carboxylic acids is 3. The normalized spacial score (nSPS) is 19.2. The van der Waals surface area contributed by atoms with Gasteiger partial charge in [0.1, 0.15) is 5.82 Å². The Bertz CT molecular complexity index is 1090. The van der Waals surface area contributed by atoms with Gasteiger partial charge in [0.05, 0.1) is 16.9 Å².